The van der Waals surface area contributed by atoms with E-state index < -0.39 is 17.2 Å². The van der Waals surface area contributed by atoms with Gasteiger partial charge >= 0.3 is 0 Å². The lowest BCUT2D eigenvalue weighted by Gasteiger charge is -2.37. The molecule has 0 N–H and O–H groups in total. The van der Waals surface area contributed by atoms with Crippen LogP contribution in [-0.4, -0.2) is 12.7 Å². The van der Waals surface area contributed by atoms with Gasteiger partial charge < -0.3 is 4.74 Å². The van der Waals surface area contributed by atoms with Crippen molar-refractivity contribution in [3.8, 4) is 6.07 Å². The van der Waals surface area contributed by atoms with Gasteiger partial charge in [0.1, 0.15) is 23.3 Å². The Balaban J connectivity index is 1.38. The van der Waals surface area contributed by atoms with Crippen LogP contribution in [0.5, 0.6) is 0 Å². The van der Waals surface area contributed by atoms with Crippen LogP contribution in [-0.2, 0) is 11.2 Å². The van der Waals surface area contributed by atoms with Crippen LogP contribution in [0, 0.1) is 40.7 Å². The highest BCUT2D eigenvalue weighted by Crippen LogP contribution is 2.41. The number of nitrogens with zero attached hydrogens (tertiary/aromatic N) is 1. The molecule has 0 atom stereocenters. The molecule has 2 aliphatic rings. The third kappa shape index (κ3) is 6.27. The van der Waals surface area contributed by atoms with Gasteiger partial charge in [0, 0.05) is 5.54 Å². The quantitative estimate of drug-likeness (QED) is 0.479. The molecule has 0 bridgehead atoms. The maximum Gasteiger partial charge on any atom is 0.144 e. The van der Waals surface area contributed by atoms with Crippen molar-refractivity contribution in [2.45, 2.75) is 70.3 Å². The molecule has 2 aliphatic carbocycles. The molecular weight excluding hydrogens is 392 g/mol. The Morgan fingerprint density at radius 2 is 1.59 bits per heavy atom. The van der Waals surface area contributed by atoms with E-state index in [1.807, 2.05) is 6.08 Å². The lowest BCUT2D eigenvalue weighted by Crippen LogP contribution is -2.28. The molecule has 0 heterocycles. The first-order valence-electron chi connectivity index (χ1n) is 10.9. The molecule has 0 spiro atoms. The molecule has 158 valence electrons. The van der Waals surface area contributed by atoms with E-state index in [1.165, 1.54) is 56.2 Å². The Hall–Kier alpha value is -1.44. The van der Waals surface area contributed by atoms with E-state index in [0.29, 0.717) is 30.6 Å². The van der Waals surface area contributed by atoms with Crippen LogP contribution < -0.4 is 0 Å². The minimum atomic E-state index is -0.746. The van der Waals surface area contributed by atoms with Crippen LogP contribution in [0.15, 0.2) is 23.7 Å². The number of ether oxygens (including phenoxy) is 1. The summed E-state index contributed by atoms with van der Waals surface area (Å²) < 4.78 is 33.4. The van der Waals surface area contributed by atoms with Crippen molar-refractivity contribution >= 4 is 11.6 Å². The first-order chi connectivity index (χ1) is 14.1. The standard InChI is InChI=1S/C24H30ClF2NO/c25-12-1-13-29-21-10-8-20(9-11-21)19-6-4-17(5-7-19)2-3-18-14-23(26)22(16-28)24(27)15-18/h1,12,14-15,17,19-21H,2-11,13H2. The normalized spacial score (nSPS) is 27.8. The van der Waals surface area contributed by atoms with E-state index in [0.717, 1.165) is 31.1 Å². The number of rotatable bonds is 7. The minimum Gasteiger partial charge on any atom is -0.374 e. The summed E-state index contributed by atoms with van der Waals surface area (Å²) in [6.45, 7) is 0.608. The van der Waals surface area contributed by atoms with Gasteiger partial charge in [-0.3, -0.25) is 0 Å². The molecule has 0 amide bonds. The van der Waals surface area contributed by atoms with E-state index in [4.69, 9.17) is 21.6 Å². The number of hydrogen-bond donors (Lipinski definition) is 0. The Kier molecular flexibility index (Phi) is 8.51. The molecule has 0 aliphatic heterocycles. The number of benzene rings is 1. The summed E-state index contributed by atoms with van der Waals surface area (Å²) in [5.74, 6) is 0.782. The monoisotopic (exact) mass is 421 g/mol. The summed E-state index contributed by atoms with van der Waals surface area (Å²) in [7, 11) is 0. The van der Waals surface area contributed by atoms with Crippen LogP contribution >= 0.6 is 11.6 Å². The van der Waals surface area contributed by atoms with Crippen molar-refractivity contribution in [1.29, 1.82) is 5.26 Å². The summed E-state index contributed by atoms with van der Waals surface area (Å²) >= 11 is 5.53. The average molecular weight is 422 g/mol. The highest BCUT2D eigenvalue weighted by atomic mass is 35.5. The van der Waals surface area contributed by atoms with E-state index in [1.54, 1.807) is 6.07 Å². The highest BCUT2D eigenvalue weighted by Gasteiger charge is 2.31. The van der Waals surface area contributed by atoms with Gasteiger partial charge in [-0.15, -0.1) is 0 Å². The zero-order valence-corrected chi connectivity index (χ0v) is 17.6. The molecular formula is C24H30ClF2NO. The summed E-state index contributed by atoms with van der Waals surface area (Å²) in [5.41, 5.74) is 1.69. The topological polar surface area (TPSA) is 33.0 Å². The summed E-state index contributed by atoms with van der Waals surface area (Å²) in [6, 6.07) is 4.21. The van der Waals surface area contributed by atoms with Gasteiger partial charge in [0.25, 0.3) is 0 Å². The molecule has 1 aromatic carbocycles. The molecule has 29 heavy (non-hydrogen) atoms. The average Bonchev–Trinajstić information content (AvgIpc) is 2.73. The van der Waals surface area contributed by atoms with Crippen LogP contribution in [0.1, 0.15) is 68.9 Å². The first-order valence-corrected chi connectivity index (χ1v) is 11.3. The van der Waals surface area contributed by atoms with Crippen molar-refractivity contribution in [3.05, 3.63) is 46.5 Å². The van der Waals surface area contributed by atoms with Crippen LogP contribution in [0.4, 0.5) is 8.78 Å². The van der Waals surface area contributed by atoms with Crippen molar-refractivity contribution in [1.82, 2.24) is 0 Å². The second-order valence-corrected chi connectivity index (χ2v) is 8.85. The molecule has 2 saturated carbocycles. The maximum atomic E-state index is 13.8. The van der Waals surface area contributed by atoms with Gasteiger partial charge in [-0.2, -0.15) is 5.26 Å². The molecule has 0 radical (unpaired) electrons. The van der Waals surface area contributed by atoms with Gasteiger partial charge in [-0.1, -0.05) is 24.4 Å². The van der Waals surface area contributed by atoms with Crippen LogP contribution in [0.3, 0.4) is 0 Å². The van der Waals surface area contributed by atoms with Gasteiger partial charge in [0.05, 0.1) is 12.7 Å². The third-order valence-electron chi connectivity index (χ3n) is 6.85. The zero-order valence-electron chi connectivity index (χ0n) is 16.9. The predicted octanol–water partition coefficient (Wildman–Crippen LogP) is 6.90. The Bertz CT molecular complexity index is 706. The third-order valence-corrected chi connectivity index (χ3v) is 7.03. The lowest BCUT2D eigenvalue weighted by atomic mass is 9.70. The van der Waals surface area contributed by atoms with Gasteiger partial charge in [0.2, 0.25) is 0 Å². The van der Waals surface area contributed by atoms with Crippen molar-refractivity contribution in [2.24, 2.45) is 17.8 Å². The van der Waals surface area contributed by atoms with Crippen LogP contribution in [0.2, 0.25) is 0 Å². The molecule has 3 rings (SSSR count). The van der Waals surface area contributed by atoms with Gasteiger partial charge in [0.15, 0.2) is 0 Å². The Morgan fingerprint density at radius 3 is 2.14 bits per heavy atom. The molecule has 2 fully saturated rings. The number of aryl methyl sites for hydroxylation is 1. The SMILES string of the molecule is N#Cc1c(F)cc(CCC2CCC(C3CCC(OCC=CCl)CC3)CC2)cc1F. The summed E-state index contributed by atoms with van der Waals surface area (Å²) in [4.78, 5) is 0. The minimum absolute atomic E-state index is 0.378. The second kappa shape index (κ2) is 11.1. The summed E-state index contributed by atoms with van der Waals surface area (Å²) in [5, 5.41) is 8.77. The second-order valence-electron chi connectivity index (χ2n) is 8.60. The number of halogens is 3. The highest BCUT2D eigenvalue weighted by molar-refractivity contribution is 6.25. The van der Waals surface area contributed by atoms with E-state index in [2.05, 4.69) is 0 Å². The molecule has 5 heteroatoms. The number of hydrogen-bond acceptors (Lipinski definition) is 2. The van der Waals surface area contributed by atoms with Crippen molar-refractivity contribution in [3.63, 3.8) is 0 Å². The fourth-order valence-electron chi connectivity index (χ4n) is 5.15. The van der Waals surface area contributed by atoms with E-state index in [9.17, 15) is 8.78 Å². The lowest BCUT2D eigenvalue weighted by molar-refractivity contribution is 0.0211. The Morgan fingerprint density at radius 1 is 1.00 bits per heavy atom. The smallest absolute Gasteiger partial charge is 0.144 e. The van der Waals surface area contributed by atoms with Crippen molar-refractivity contribution < 1.29 is 13.5 Å². The molecule has 0 aromatic heterocycles. The Labute approximate surface area is 177 Å². The molecule has 0 saturated heterocycles. The maximum absolute atomic E-state index is 13.8. The molecule has 1 aromatic rings. The zero-order chi connectivity index (χ0) is 20.6. The fraction of sp³-hybridized carbons (Fsp3) is 0.625. The number of nitriles is 1. The molecule has 2 nitrogen and oxygen atoms in total. The molecule has 0 unspecified atom stereocenters. The van der Waals surface area contributed by atoms with Crippen LogP contribution in [0.25, 0.3) is 0 Å². The van der Waals surface area contributed by atoms with Gasteiger partial charge in [-0.05, 0) is 92.9 Å². The predicted molar refractivity (Wildman–Crippen MR) is 112 cm³/mol. The van der Waals surface area contributed by atoms with E-state index >= 15 is 0 Å². The largest absolute Gasteiger partial charge is 0.374 e. The van der Waals surface area contributed by atoms with Crippen molar-refractivity contribution in [2.75, 3.05) is 6.61 Å². The fourth-order valence-corrected chi connectivity index (χ4v) is 5.22. The van der Waals surface area contributed by atoms with E-state index in [-0.39, 0.29) is 0 Å². The van der Waals surface area contributed by atoms with Gasteiger partial charge in [-0.25, -0.2) is 8.78 Å². The first kappa shape index (κ1) is 22.2. The summed E-state index contributed by atoms with van der Waals surface area (Å²) in [6.07, 6.45) is 13.6.